The molecule has 1 saturated heterocycles. The minimum atomic E-state index is -0.452. The molecule has 3 aromatic rings. The van der Waals surface area contributed by atoms with Crippen LogP contribution in [0.4, 0.5) is 10.5 Å². The third kappa shape index (κ3) is 6.87. The number of nitrogens with one attached hydrogen (secondary N) is 1. The van der Waals surface area contributed by atoms with Gasteiger partial charge in [0.05, 0.1) is 18.6 Å². The summed E-state index contributed by atoms with van der Waals surface area (Å²) in [4.78, 5) is 39.3. The molecule has 0 spiro atoms. The minimum Gasteiger partial charge on any atom is -0.493 e. The van der Waals surface area contributed by atoms with E-state index >= 15 is 0 Å². The molecule has 3 amide bonds. The Bertz CT molecular complexity index is 1390. The molecule has 0 unspecified atom stereocenters. The fourth-order valence-corrected chi connectivity index (χ4v) is 4.68. The van der Waals surface area contributed by atoms with Gasteiger partial charge < -0.3 is 19.5 Å². The highest BCUT2D eigenvalue weighted by Crippen LogP contribution is 2.35. The summed E-state index contributed by atoms with van der Waals surface area (Å²) in [6.45, 7) is 1.85. The van der Waals surface area contributed by atoms with E-state index in [1.807, 2.05) is 31.2 Å². The zero-order chi connectivity index (χ0) is 27.1. The molecule has 38 heavy (non-hydrogen) atoms. The molecule has 196 valence electrons. The average Bonchev–Trinajstić information content (AvgIpc) is 3.16. The van der Waals surface area contributed by atoms with Gasteiger partial charge in [0.15, 0.2) is 18.1 Å². The van der Waals surface area contributed by atoms with Crippen LogP contribution in [-0.2, 0) is 9.59 Å². The molecule has 0 atom stereocenters. The maximum atomic E-state index is 13.0. The van der Waals surface area contributed by atoms with Gasteiger partial charge in [0.25, 0.3) is 17.1 Å². The molecule has 0 aliphatic carbocycles. The number of amides is 3. The summed E-state index contributed by atoms with van der Waals surface area (Å²) in [5.74, 6) is 0.631. The summed E-state index contributed by atoms with van der Waals surface area (Å²) in [7, 11) is 1.54. The van der Waals surface area contributed by atoms with Crippen LogP contribution in [0.15, 0.2) is 71.6 Å². The number of imide groups is 1. The number of anilines is 1. The van der Waals surface area contributed by atoms with Crippen molar-refractivity contribution in [3.8, 4) is 17.2 Å². The number of hydrogen-bond acceptors (Lipinski definition) is 7. The minimum absolute atomic E-state index is 0.0675. The fraction of sp³-hybridized carbons (Fsp3) is 0.179. The molecule has 1 N–H and O–H groups in total. The van der Waals surface area contributed by atoms with Crippen LogP contribution in [0.3, 0.4) is 0 Å². The van der Waals surface area contributed by atoms with Crippen LogP contribution in [0, 0.1) is 6.92 Å². The Balaban J connectivity index is 1.40. The Morgan fingerprint density at radius 1 is 1.00 bits per heavy atom. The Kier molecular flexibility index (Phi) is 8.93. The first-order chi connectivity index (χ1) is 18.3. The Hall–Kier alpha value is -3.95. The van der Waals surface area contributed by atoms with Gasteiger partial charge in [0, 0.05) is 16.3 Å². The lowest BCUT2D eigenvalue weighted by Crippen LogP contribution is -2.32. The zero-order valence-corrected chi connectivity index (χ0v) is 22.3. The van der Waals surface area contributed by atoms with Crippen LogP contribution in [0.2, 0.25) is 5.02 Å². The van der Waals surface area contributed by atoms with E-state index in [1.54, 1.807) is 42.5 Å². The highest BCUT2D eigenvalue weighted by molar-refractivity contribution is 8.18. The molecule has 10 heteroatoms. The summed E-state index contributed by atoms with van der Waals surface area (Å²) in [5.41, 5.74) is 2.15. The molecule has 1 heterocycles. The second-order valence-electron chi connectivity index (χ2n) is 8.22. The molecule has 4 rings (SSSR count). The van der Waals surface area contributed by atoms with Gasteiger partial charge in [0.2, 0.25) is 0 Å². The largest absolute Gasteiger partial charge is 0.493 e. The lowest BCUT2D eigenvalue weighted by Gasteiger charge is -2.14. The van der Waals surface area contributed by atoms with Gasteiger partial charge in [0.1, 0.15) is 12.4 Å². The molecule has 1 fully saturated rings. The number of halogens is 1. The number of carbonyl (C=O) groups is 3. The predicted octanol–water partition coefficient (Wildman–Crippen LogP) is 5.79. The average molecular weight is 553 g/mol. The number of nitrogens with zero attached hydrogens (tertiary/aromatic N) is 1. The number of aryl methyl sites for hydroxylation is 1. The van der Waals surface area contributed by atoms with E-state index in [4.69, 9.17) is 25.8 Å². The van der Waals surface area contributed by atoms with Crippen molar-refractivity contribution in [2.75, 3.05) is 32.2 Å². The summed E-state index contributed by atoms with van der Waals surface area (Å²) in [6, 6.07) is 19.4. The number of rotatable bonds is 10. The first-order valence-electron chi connectivity index (χ1n) is 11.6. The smallest absolute Gasteiger partial charge is 0.293 e. The first-order valence-corrected chi connectivity index (χ1v) is 12.8. The van der Waals surface area contributed by atoms with Gasteiger partial charge in [-0.1, -0.05) is 35.9 Å². The van der Waals surface area contributed by atoms with E-state index in [-0.39, 0.29) is 30.6 Å². The van der Waals surface area contributed by atoms with E-state index in [2.05, 4.69) is 5.32 Å². The van der Waals surface area contributed by atoms with Crippen molar-refractivity contribution in [2.45, 2.75) is 6.92 Å². The Morgan fingerprint density at radius 2 is 1.79 bits per heavy atom. The highest BCUT2D eigenvalue weighted by Gasteiger charge is 2.35. The highest BCUT2D eigenvalue weighted by atomic mass is 35.5. The molecule has 3 aromatic carbocycles. The van der Waals surface area contributed by atoms with E-state index in [1.165, 1.54) is 13.2 Å². The summed E-state index contributed by atoms with van der Waals surface area (Å²) < 4.78 is 16.7. The van der Waals surface area contributed by atoms with Crippen molar-refractivity contribution < 1.29 is 28.6 Å². The number of hydrogen-bond donors (Lipinski definition) is 1. The number of thioether (sulfide) groups is 1. The van der Waals surface area contributed by atoms with Crippen LogP contribution in [0.25, 0.3) is 6.08 Å². The van der Waals surface area contributed by atoms with Crippen molar-refractivity contribution in [3.63, 3.8) is 0 Å². The van der Waals surface area contributed by atoms with Gasteiger partial charge in [-0.3, -0.25) is 19.3 Å². The standard InChI is InChI=1S/C28H25ClN2O6S/c1-18-6-5-7-21(14-18)30-26(32)17-37-22-11-10-20(29)15-19(22)16-25-27(33)31(28(34)38-25)12-13-36-24-9-4-3-8-23(24)35-2/h3-11,14-16H,12-13,17H2,1-2H3,(H,30,32)/b25-16-. The monoisotopic (exact) mass is 552 g/mol. The van der Waals surface area contributed by atoms with E-state index < -0.39 is 11.1 Å². The van der Waals surface area contributed by atoms with Crippen LogP contribution in [0.1, 0.15) is 11.1 Å². The normalized spacial score (nSPS) is 14.1. The van der Waals surface area contributed by atoms with Crippen molar-refractivity contribution in [1.82, 2.24) is 4.90 Å². The molecule has 0 saturated carbocycles. The molecular formula is C28H25ClN2O6S. The topological polar surface area (TPSA) is 94.2 Å². The van der Waals surface area contributed by atoms with E-state index in [0.29, 0.717) is 33.5 Å². The number of para-hydroxylation sites is 2. The molecule has 0 bridgehead atoms. The van der Waals surface area contributed by atoms with Crippen LogP contribution < -0.4 is 19.5 Å². The second kappa shape index (κ2) is 12.5. The predicted molar refractivity (Wildman–Crippen MR) is 148 cm³/mol. The summed E-state index contributed by atoms with van der Waals surface area (Å²) in [5, 5.41) is 2.78. The number of benzene rings is 3. The van der Waals surface area contributed by atoms with Crippen molar-refractivity contribution in [2.24, 2.45) is 0 Å². The molecule has 1 aliphatic rings. The van der Waals surface area contributed by atoms with Crippen molar-refractivity contribution >= 4 is 52.2 Å². The molecule has 1 aliphatic heterocycles. The number of carbonyl (C=O) groups excluding carboxylic acids is 3. The van der Waals surface area contributed by atoms with E-state index in [0.717, 1.165) is 22.2 Å². The van der Waals surface area contributed by atoms with Crippen molar-refractivity contribution in [3.05, 3.63) is 87.8 Å². The maximum Gasteiger partial charge on any atom is 0.293 e. The molecule has 8 nitrogen and oxygen atoms in total. The lowest BCUT2D eigenvalue weighted by molar-refractivity contribution is -0.123. The first kappa shape index (κ1) is 27.1. The Labute approximate surface area is 229 Å². The van der Waals surface area contributed by atoms with Crippen LogP contribution in [-0.4, -0.2) is 48.8 Å². The molecular weight excluding hydrogens is 528 g/mol. The van der Waals surface area contributed by atoms with E-state index in [9.17, 15) is 14.4 Å². The SMILES string of the molecule is COc1ccccc1OCCN1C(=O)S/C(=C\c2cc(Cl)ccc2OCC(=O)Nc2cccc(C)c2)C1=O. The van der Waals surface area contributed by atoms with Gasteiger partial charge in [-0.2, -0.15) is 0 Å². The third-order valence-corrected chi connectivity index (χ3v) is 6.58. The second-order valence-corrected chi connectivity index (χ2v) is 9.65. The number of methoxy groups -OCH3 is 1. The molecule has 0 radical (unpaired) electrons. The van der Waals surface area contributed by atoms with Gasteiger partial charge in [-0.15, -0.1) is 0 Å². The van der Waals surface area contributed by atoms with Gasteiger partial charge >= 0.3 is 0 Å². The quantitative estimate of drug-likeness (QED) is 0.318. The van der Waals surface area contributed by atoms with Crippen LogP contribution in [0.5, 0.6) is 17.2 Å². The molecule has 0 aromatic heterocycles. The van der Waals surface area contributed by atoms with Crippen LogP contribution >= 0.6 is 23.4 Å². The summed E-state index contributed by atoms with van der Waals surface area (Å²) in [6.07, 6.45) is 1.53. The van der Waals surface area contributed by atoms with Gasteiger partial charge in [-0.25, -0.2) is 0 Å². The van der Waals surface area contributed by atoms with Crippen molar-refractivity contribution in [1.29, 1.82) is 0 Å². The van der Waals surface area contributed by atoms with Gasteiger partial charge in [-0.05, 0) is 72.8 Å². The Morgan fingerprint density at radius 3 is 2.55 bits per heavy atom. The fourth-order valence-electron chi connectivity index (χ4n) is 3.65. The maximum absolute atomic E-state index is 13.0. The number of ether oxygens (including phenoxy) is 3. The third-order valence-electron chi connectivity index (χ3n) is 5.43. The lowest BCUT2D eigenvalue weighted by atomic mass is 10.2. The summed E-state index contributed by atoms with van der Waals surface area (Å²) >= 11 is 6.99. The zero-order valence-electron chi connectivity index (χ0n) is 20.7.